The van der Waals surface area contributed by atoms with Crippen LogP contribution in [-0.2, 0) is 14.3 Å². The number of rotatable bonds is 1. The molecule has 1 fully saturated rings. The first-order valence-corrected chi connectivity index (χ1v) is 9.50. The van der Waals surface area contributed by atoms with Gasteiger partial charge in [-0.25, -0.2) is 0 Å². The van der Waals surface area contributed by atoms with Gasteiger partial charge in [0.2, 0.25) is 0 Å². The Morgan fingerprint density at radius 2 is 2.08 bits per heavy atom. The predicted molar refractivity (Wildman–Crippen MR) is 92.2 cm³/mol. The third-order valence-corrected chi connectivity index (χ3v) is 7.18. The second-order valence-electron chi connectivity index (χ2n) is 8.66. The van der Waals surface area contributed by atoms with E-state index in [1.54, 1.807) is 5.57 Å². The van der Waals surface area contributed by atoms with Gasteiger partial charge in [-0.05, 0) is 61.0 Å². The largest absolute Gasteiger partial charge is 0.462 e. The van der Waals surface area contributed by atoms with E-state index in [1.807, 2.05) is 0 Å². The summed E-state index contributed by atoms with van der Waals surface area (Å²) in [6.07, 6.45) is 9.23. The molecule has 0 unspecified atom stereocenters. The Hall–Kier alpha value is -1.38. The average molecular weight is 328 g/mol. The Kier molecular flexibility index (Phi) is 3.74. The van der Waals surface area contributed by atoms with Crippen LogP contribution >= 0.6 is 0 Å². The summed E-state index contributed by atoms with van der Waals surface area (Å²) in [5.41, 5.74) is 4.54. The zero-order valence-electron chi connectivity index (χ0n) is 15.1. The van der Waals surface area contributed by atoms with Crippen LogP contribution in [0.3, 0.4) is 0 Å². The highest BCUT2D eigenvalue weighted by Crippen LogP contribution is 2.61. The molecule has 0 aromatic rings. The van der Waals surface area contributed by atoms with Gasteiger partial charge in [0.1, 0.15) is 11.9 Å². The van der Waals surface area contributed by atoms with Crippen molar-refractivity contribution in [1.82, 2.24) is 0 Å². The van der Waals surface area contributed by atoms with Crippen LogP contribution in [0.2, 0.25) is 0 Å². The molecule has 4 rings (SSSR count). The van der Waals surface area contributed by atoms with Crippen molar-refractivity contribution >= 4 is 11.8 Å². The molecule has 0 aromatic heterocycles. The van der Waals surface area contributed by atoms with E-state index < -0.39 is 0 Å². The third-order valence-electron chi connectivity index (χ3n) is 7.18. The van der Waals surface area contributed by atoms with Crippen molar-refractivity contribution in [2.45, 2.75) is 71.8 Å². The van der Waals surface area contributed by atoms with Gasteiger partial charge >= 0.3 is 5.97 Å². The van der Waals surface area contributed by atoms with Crippen LogP contribution in [0, 0.1) is 23.2 Å². The van der Waals surface area contributed by atoms with E-state index in [2.05, 4.69) is 19.9 Å². The number of Topliss-reactive ketones (excluding diaryl/α,β-unsaturated/α-hetero) is 1. The highest BCUT2D eigenvalue weighted by Gasteiger charge is 2.57. The van der Waals surface area contributed by atoms with Crippen molar-refractivity contribution in [2.75, 3.05) is 0 Å². The van der Waals surface area contributed by atoms with E-state index in [0.717, 1.165) is 38.5 Å². The fraction of sp³-hybridized carbons (Fsp3) is 0.714. The number of carbonyl (C=O) groups excluding carboxylic acids is 2. The summed E-state index contributed by atoms with van der Waals surface area (Å²) in [7, 11) is 0. The van der Waals surface area contributed by atoms with E-state index in [1.165, 1.54) is 18.1 Å². The van der Waals surface area contributed by atoms with Gasteiger partial charge in [-0.2, -0.15) is 0 Å². The molecule has 0 saturated heterocycles. The molecular formula is C21H28O3. The first-order chi connectivity index (χ1) is 11.4. The minimum absolute atomic E-state index is 0.0427. The Morgan fingerprint density at radius 1 is 1.29 bits per heavy atom. The van der Waals surface area contributed by atoms with Crippen molar-refractivity contribution in [3.05, 3.63) is 22.8 Å². The van der Waals surface area contributed by atoms with Gasteiger partial charge in [-0.15, -0.1) is 0 Å². The fourth-order valence-electron chi connectivity index (χ4n) is 6.17. The number of ether oxygens (including phenoxy) is 1. The van der Waals surface area contributed by atoms with Crippen LogP contribution in [-0.4, -0.2) is 17.9 Å². The lowest BCUT2D eigenvalue weighted by molar-refractivity contribution is -0.155. The highest BCUT2D eigenvalue weighted by atomic mass is 16.5. The highest BCUT2D eigenvalue weighted by molar-refractivity contribution is 5.83. The van der Waals surface area contributed by atoms with E-state index in [9.17, 15) is 9.59 Å². The van der Waals surface area contributed by atoms with Crippen LogP contribution in [0.25, 0.3) is 0 Å². The molecule has 5 atom stereocenters. The van der Waals surface area contributed by atoms with Gasteiger partial charge in [0.05, 0.1) is 0 Å². The Morgan fingerprint density at radius 3 is 2.83 bits per heavy atom. The molecular weight excluding hydrogens is 300 g/mol. The molecule has 4 aliphatic carbocycles. The van der Waals surface area contributed by atoms with Crippen molar-refractivity contribution < 1.29 is 14.3 Å². The topological polar surface area (TPSA) is 43.4 Å². The van der Waals surface area contributed by atoms with Crippen molar-refractivity contribution in [3.63, 3.8) is 0 Å². The summed E-state index contributed by atoms with van der Waals surface area (Å²) in [6, 6.07) is 0. The van der Waals surface area contributed by atoms with Crippen molar-refractivity contribution in [3.8, 4) is 0 Å². The standard InChI is InChI=1S/C21H28O3/c1-12-10-19-18-6-4-14-11-15(23)5-7-16(14)17(18)8-9-21(19,3)20(12)24-13(2)22/h8,12,18-20H,4-7,9-11H2,1-3H3/t12-,18-,19+,20+,21+/m1/s1. The summed E-state index contributed by atoms with van der Waals surface area (Å²) in [6.45, 7) is 6.10. The molecule has 130 valence electrons. The molecule has 0 N–H and O–H groups in total. The van der Waals surface area contributed by atoms with Crippen LogP contribution in [0.1, 0.15) is 65.7 Å². The minimum atomic E-state index is -0.150. The number of esters is 1. The van der Waals surface area contributed by atoms with E-state index >= 15 is 0 Å². The van der Waals surface area contributed by atoms with Gasteiger partial charge in [0.25, 0.3) is 0 Å². The maximum absolute atomic E-state index is 11.8. The molecule has 24 heavy (non-hydrogen) atoms. The van der Waals surface area contributed by atoms with Gasteiger partial charge in [-0.3, -0.25) is 9.59 Å². The zero-order valence-corrected chi connectivity index (χ0v) is 15.1. The number of hydrogen-bond acceptors (Lipinski definition) is 3. The van der Waals surface area contributed by atoms with E-state index in [0.29, 0.717) is 30.0 Å². The van der Waals surface area contributed by atoms with Gasteiger partial charge in [-0.1, -0.05) is 25.5 Å². The first-order valence-electron chi connectivity index (χ1n) is 9.50. The van der Waals surface area contributed by atoms with Crippen LogP contribution in [0.15, 0.2) is 22.8 Å². The predicted octanol–water partition coefficient (Wildman–Crippen LogP) is 4.37. The summed E-state index contributed by atoms with van der Waals surface area (Å²) in [4.78, 5) is 23.4. The van der Waals surface area contributed by atoms with E-state index in [-0.39, 0.29) is 17.5 Å². The van der Waals surface area contributed by atoms with Crippen molar-refractivity contribution in [2.24, 2.45) is 23.2 Å². The smallest absolute Gasteiger partial charge is 0.302 e. The van der Waals surface area contributed by atoms with Crippen molar-refractivity contribution in [1.29, 1.82) is 0 Å². The van der Waals surface area contributed by atoms with Crippen LogP contribution in [0.5, 0.6) is 0 Å². The molecule has 0 radical (unpaired) electrons. The normalized spacial score (nSPS) is 41.3. The maximum Gasteiger partial charge on any atom is 0.302 e. The van der Waals surface area contributed by atoms with Crippen LogP contribution in [0.4, 0.5) is 0 Å². The SMILES string of the molecule is CC(=O)O[C@H]1[C@H](C)C[C@H]2[C@@H]3CCC4=C(CCC(=O)C4)C3=CC[C@@]21C. The Labute approximate surface area is 144 Å². The van der Waals surface area contributed by atoms with Crippen LogP contribution < -0.4 is 0 Å². The Bertz CT molecular complexity index is 656. The summed E-state index contributed by atoms with van der Waals surface area (Å²) in [5, 5.41) is 0. The van der Waals surface area contributed by atoms with Gasteiger partial charge in [0, 0.05) is 25.2 Å². The number of hydrogen-bond donors (Lipinski definition) is 0. The number of ketones is 1. The fourth-order valence-corrected chi connectivity index (χ4v) is 6.17. The summed E-state index contributed by atoms with van der Waals surface area (Å²) < 4.78 is 5.77. The first kappa shape index (κ1) is 16.1. The molecule has 3 nitrogen and oxygen atoms in total. The average Bonchev–Trinajstić information content (AvgIpc) is 2.78. The molecule has 0 spiro atoms. The van der Waals surface area contributed by atoms with Gasteiger partial charge < -0.3 is 4.74 Å². The summed E-state index contributed by atoms with van der Waals surface area (Å²) >= 11 is 0. The summed E-state index contributed by atoms with van der Waals surface area (Å²) in [5.74, 6) is 1.89. The Balaban J connectivity index is 1.68. The zero-order chi connectivity index (χ0) is 17.1. The molecule has 0 amide bonds. The monoisotopic (exact) mass is 328 g/mol. The number of fused-ring (bicyclic) bond motifs is 4. The second-order valence-corrected chi connectivity index (χ2v) is 8.66. The lowest BCUT2D eigenvalue weighted by Crippen LogP contribution is -2.43. The number of carbonyl (C=O) groups is 2. The molecule has 0 aliphatic heterocycles. The van der Waals surface area contributed by atoms with E-state index in [4.69, 9.17) is 4.74 Å². The lowest BCUT2D eigenvalue weighted by Gasteiger charge is -2.47. The molecule has 3 heteroatoms. The molecule has 0 bridgehead atoms. The number of allylic oxidation sites excluding steroid dienone is 4. The van der Waals surface area contributed by atoms with Gasteiger partial charge in [0.15, 0.2) is 0 Å². The minimum Gasteiger partial charge on any atom is -0.462 e. The third kappa shape index (κ3) is 2.31. The molecule has 0 aromatic carbocycles. The lowest BCUT2D eigenvalue weighted by atomic mass is 9.58. The maximum atomic E-state index is 11.8. The molecule has 4 aliphatic rings. The quantitative estimate of drug-likeness (QED) is 0.671. The molecule has 1 saturated carbocycles. The molecule has 0 heterocycles. The second kappa shape index (κ2) is 5.57.